The lowest BCUT2D eigenvalue weighted by Crippen LogP contribution is -2.52. The van der Waals surface area contributed by atoms with E-state index in [0.717, 1.165) is 9.25 Å². The maximum atomic E-state index is 13.3. The minimum Gasteiger partial charge on any atom is -0.479 e. The number of carbonyl (C=O) groups is 1. The van der Waals surface area contributed by atoms with Gasteiger partial charge in [0.05, 0.1) is 12.1 Å². The number of piperidine rings is 1. The molecule has 0 amide bonds. The third kappa shape index (κ3) is 2.63. The maximum absolute atomic E-state index is 13.3. The summed E-state index contributed by atoms with van der Waals surface area (Å²) in [6, 6.07) is 4.00. The molecule has 0 saturated carbocycles. The third-order valence-corrected chi connectivity index (χ3v) is 5.83. The molecule has 1 spiro atoms. The van der Waals surface area contributed by atoms with Crippen LogP contribution < -0.4 is 26.2 Å². The van der Waals surface area contributed by atoms with Gasteiger partial charge in [-0.05, 0) is 43.6 Å². The zero-order chi connectivity index (χ0) is 20.2. The first kappa shape index (κ1) is 17.8. The summed E-state index contributed by atoms with van der Waals surface area (Å²) in [5, 5.41) is 12.9. The van der Waals surface area contributed by atoms with Crippen LogP contribution >= 0.6 is 0 Å². The van der Waals surface area contributed by atoms with Crippen LogP contribution in [0.25, 0.3) is 0 Å². The van der Waals surface area contributed by atoms with Crippen LogP contribution in [0.5, 0.6) is 11.5 Å². The minimum atomic E-state index is -1.21. The molecule has 152 valence electrons. The molecule has 2 N–H and O–H groups in total. The molecule has 5 rings (SSSR count). The van der Waals surface area contributed by atoms with Gasteiger partial charge in [0.25, 0.3) is 0 Å². The van der Waals surface area contributed by atoms with Crippen LogP contribution in [0.15, 0.2) is 39.9 Å². The van der Waals surface area contributed by atoms with Gasteiger partial charge in [-0.25, -0.2) is 28.3 Å². The Labute approximate surface area is 164 Å². The third-order valence-electron chi connectivity index (χ3n) is 5.83. The van der Waals surface area contributed by atoms with Crippen LogP contribution in [-0.2, 0) is 16.9 Å². The number of fused-ring (bicyclic) bond motifs is 3. The van der Waals surface area contributed by atoms with Gasteiger partial charge >= 0.3 is 17.3 Å². The highest BCUT2D eigenvalue weighted by Crippen LogP contribution is 2.34. The number of allylic oxidation sites excluding steroid dienone is 1. The summed E-state index contributed by atoms with van der Waals surface area (Å²) in [5.41, 5.74) is -1.16. The van der Waals surface area contributed by atoms with Gasteiger partial charge in [-0.15, -0.1) is 0 Å². The van der Waals surface area contributed by atoms with Crippen molar-refractivity contribution in [2.24, 2.45) is 0 Å². The molecule has 1 atom stereocenters. The Morgan fingerprint density at radius 1 is 1.17 bits per heavy atom. The van der Waals surface area contributed by atoms with E-state index in [1.165, 1.54) is 10.8 Å². The smallest absolute Gasteiger partial charge is 0.348 e. The zero-order valence-corrected chi connectivity index (χ0v) is 15.5. The molecule has 0 aliphatic carbocycles. The van der Waals surface area contributed by atoms with E-state index in [4.69, 9.17) is 9.47 Å². The molecule has 0 bridgehead atoms. The van der Waals surface area contributed by atoms with Crippen molar-refractivity contribution in [3.05, 3.63) is 56.9 Å². The lowest BCUT2D eigenvalue weighted by atomic mass is 9.86. The first-order valence-corrected chi connectivity index (χ1v) is 9.46. The van der Waals surface area contributed by atoms with Gasteiger partial charge in [0.1, 0.15) is 0 Å². The number of hydrogen-bond donors (Lipinski definition) is 2. The standard InChI is InChI=1S/C19H20N4O6/c24-16(25)13-3-4-19(5-7-20-8-6-19)23-18(27)21(17(26)22(13)23)10-12-1-2-14-15(9-12)29-11-28-14/h1-4,9,13,20H,5-8,10-11H2,(H,24,25). The van der Waals surface area contributed by atoms with E-state index >= 15 is 0 Å². The summed E-state index contributed by atoms with van der Waals surface area (Å²) in [4.78, 5) is 38.2. The molecule has 29 heavy (non-hydrogen) atoms. The molecule has 1 unspecified atom stereocenters. The fourth-order valence-corrected chi connectivity index (χ4v) is 4.35. The summed E-state index contributed by atoms with van der Waals surface area (Å²) >= 11 is 0. The minimum absolute atomic E-state index is 0.0158. The number of carboxylic acids is 1. The number of aliphatic carboxylic acids is 1. The highest BCUT2D eigenvalue weighted by atomic mass is 16.7. The fourth-order valence-electron chi connectivity index (χ4n) is 4.35. The van der Waals surface area contributed by atoms with Crippen molar-refractivity contribution in [1.82, 2.24) is 19.2 Å². The van der Waals surface area contributed by atoms with Crippen molar-refractivity contribution in [1.29, 1.82) is 0 Å². The Bertz CT molecular complexity index is 1130. The van der Waals surface area contributed by atoms with Crippen LogP contribution in [0.3, 0.4) is 0 Å². The number of hydrogen-bond acceptors (Lipinski definition) is 6. The van der Waals surface area contributed by atoms with E-state index in [0.29, 0.717) is 43.0 Å². The van der Waals surface area contributed by atoms with Crippen LogP contribution in [0, 0.1) is 0 Å². The van der Waals surface area contributed by atoms with Gasteiger partial charge in [0.2, 0.25) is 6.79 Å². The number of aromatic nitrogens is 3. The Morgan fingerprint density at radius 2 is 1.93 bits per heavy atom. The van der Waals surface area contributed by atoms with Gasteiger partial charge in [-0.1, -0.05) is 18.2 Å². The van der Waals surface area contributed by atoms with Gasteiger partial charge in [-0.3, -0.25) is 0 Å². The lowest BCUT2D eigenvalue weighted by molar-refractivity contribution is -0.140. The average molecular weight is 400 g/mol. The maximum Gasteiger partial charge on any atom is 0.348 e. The Balaban J connectivity index is 1.64. The van der Waals surface area contributed by atoms with Crippen molar-refractivity contribution in [3.8, 4) is 11.5 Å². The second-order valence-electron chi connectivity index (χ2n) is 7.49. The zero-order valence-electron chi connectivity index (χ0n) is 15.5. The molecule has 10 heteroatoms. The average Bonchev–Trinajstić information content (AvgIpc) is 3.27. The van der Waals surface area contributed by atoms with E-state index in [9.17, 15) is 19.5 Å². The number of benzene rings is 1. The number of rotatable bonds is 3. The predicted octanol–water partition coefficient (Wildman–Crippen LogP) is -0.137. The number of nitrogens with zero attached hydrogens (tertiary/aromatic N) is 3. The van der Waals surface area contributed by atoms with Crippen LogP contribution in [0.2, 0.25) is 0 Å². The highest BCUT2D eigenvalue weighted by molar-refractivity contribution is 5.74. The molecular formula is C19H20N4O6. The van der Waals surface area contributed by atoms with Gasteiger partial charge in [-0.2, -0.15) is 0 Å². The molecule has 1 aromatic heterocycles. The normalized spacial score (nSPS) is 21.3. The van der Waals surface area contributed by atoms with Crippen LogP contribution in [0.1, 0.15) is 24.4 Å². The van der Waals surface area contributed by atoms with Crippen LogP contribution in [-0.4, -0.2) is 44.9 Å². The fraction of sp³-hybridized carbons (Fsp3) is 0.421. The second-order valence-corrected chi connectivity index (χ2v) is 7.49. The highest BCUT2D eigenvalue weighted by Gasteiger charge is 2.42. The second kappa shape index (κ2) is 6.38. The van der Waals surface area contributed by atoms with Crippen molar-refractivity contribution in [2.45, 2.75) is 31.0 Å². The summed E-state index contributed by atoms with van der Waals surface area (Å²) in [6.45, 7) is 1.50. The predicted molar refractivity (Wildman–Crippen MR) is 101 cm³/mol. The summed E-state index contributed by atoms with van der Waals surface area (Å²) < 4.78 is 14.2. The molecule has 3 aliphatic rings. The molecule has 2 aromatic rings. The molecule has 0 radical (unpaired) electrons. The first-order chi connectivity index (χ1) is 14.0. The molecule has 10 nitrogen and oxygen atoms in total. The molecule has 1 fully saturated rings. The Hall–Kier alpha value is -3.27. The van der Waals surface area contributed by atoms with E-state index < -0.39 is 28.9 Å². The first-order valence-electron chi connectivity index (χ1n) is 9.46. The quantitative estimate of drug-likeness (QED) is 0.689. The topological polar surface area (TPSA) is 117 Å². The summed E-state index contributed by atoms with van der Waals surface area (Å²) in [5.74, 6) is -0.0153. The van der Waals surface area contributed by atoms with Crippen molar-refractivity contribution in [3.63, 3.8) is 0 Å². The number of carboxylic acid groups (broad SMARTS) is 1. The Morgan fingerprint density at radius 3 is 2.69 bits per heavy atom. The molecule has 1 saturated heterocycles. The molecule has 3 aliphatic heterocycles. The van der Waals surface area contributed by atoms with Gasteiger partial charge < -0.3 is 19.9 Å². The van der Waals surface area contributed by atoms with E-state index in [1.807, 2.05) is 0 Å². The lowest BCUT2D eigenvalue weighted by Gasteiger charge is -2.39. The molecular weight excluding hydrogens is 380 g/mol. The number of ether oxygens (including phenoxy) is 2. The van der Waals surface area contributed by atoms with Crippen LogP contribution in [0.4, 0.5) is 0 Å². The van der Waals surface area contributed by atoms with E-state index in [1.54, 1.807) is 24.3 Å². The Kier molecular flexibility index (Phi) is 3.91. The van der Waals surface area contributed by atoms with Crippen molar-refractivity contribution >= 4 is 5.97 Å². The SMILES string of the molecule is O=C(O)C1C=CC2(CCNCC2)n2c(=O)n(Cc3ccc4c(c3)OCO4)c(=O)n21. The largest absolute Gasteiger partial charge is 0.479 e. The monoisotopic (exact) mass is 400 g/mol. The van der Waals surface area contributed by atoms with Crippen molar-refractivity contribution in [2.75, 3.05) is 19.9 Å². The van der Waals surface area contributed by atoms with Crippen molar-refractivity contribution < 1.29 is 19.4 Å². The van der Waals surface area contributed by atoms with Gasteiger partial charge in [0.15, 0.2) is 17.5 Å². The van der Waals surface area contributed by atoms with E-state index in [-0.39, 0.29) is 13.3 Å². The summed E-state index contributed by atoms with van der Waals surface area (Å²) in [7, 11) is 0. The van der Waals surface area contributed by atoms with E-state index in [2.05, 4.69) is 5.32 Å². The molecule has 1 aromatic carbocycles. The summed E-state index contributed by atoms with van der Waals surface area (Å²) in [6.07, 6.45) is 4.49. The molecule has 4 heterocycles. The number of nitrogens with one attached hydrogen (secondary N) is 1. The van der Waals surface area contributed by atoms with Gasteiger partial charge in [0, 0.05) is 0 Å².